The molecule has 1 unspecified atom stereocenters. The van der Waals surface area contributed by atoms with E-state index in [0.29, 0.717) is 30.9 Å². The molecule has 0 aliphatic carbocycles. The topological polar surface area (TPSA) is 96.0 Å². The number of hydrogen-bond donors (Lipinski definition) is 1. The van der Waals surface area contributed by atoms with Crippen LogP contribution in [0.15, 0.2) is 78.9 Å². The molecule has 1 N–H and O–H groups in total. The molecule has 3 aromatic carbocycles. The van der Waals surface area contributed by atoms with Crippen LogP contribution in [0.5, 0.6) is 5.75 Å². The first-order chi connectivity index (χ1) is 19.5. The van der Waals surface area contributed by atoms with E-state index in [1.165, 1.54) is 29.2 Å². The maximum atomic E-state index is 13.8. The first-order valence-corrected chi connectivity index (χ1v) is 15.4. The van der Waals surface area contributed by atoms with Gasteiger partial charge in [0, 0.05) is 13.1 Å². The Morgan fingerprint density at radius 3 is 2.12 bits per heavy atom. The fourth-order valence-corrected chi connectivity index (χ4v) is 5.04. The van der Waals surface area contributed by atoms with Gasteiger partial charge in [0.25, 0.3) is 0 Å². The third-order valence-corrected chi connectivity index (χ3v) is 7.53. The molecular weight excluding hydrogens is 545 g/mol. The van der Waals surface area contributed by atoms with Crippen LogP contribution < -0.4 is 14.4 Å². The van der Waals surface area contributed by atoms with Crippen LogP contribution in [0.1, 0.15) is 38.3 Å². The van der Waals surface area contributed by atoms with Crippen molar-refractivity contribution in [2.75, 3.05) is 23.7 Å². The second-order valence-corrected chi connectivity index (χ2v) is 12.2. The van der Waals surface area contributed by atoms with E-state index in [1.54, 1.807) is 31.2 Å². The van der Waals surface area contributed by atoms with Crippen molar-refractivity contribution in [2.45, 2.75) is 46.4 Å². The molecule has 0 aliphatic rings. The highest BCUT2D eigenvalue weighted by atomic mass is 32.2. The number of anilines is 1. The zero-order chi connectivity index (χ0) is 30.0. The second kappa shape index (κ2) is 14.6. The normalized spacial score (nSPS) is 12.0. The van der Waals surface area contributed by atoms with Crippen molar-refractivity contribution in [1.29, 1.82) is 0 Å². The summed E-state index contributed by atoms with van der Waals surface area (Å²) in [6.07, 6.45) is 1.33. The Morgan fingerprint density at radius 1 is 0.927 bits per heavy atom. The van der Waals surface area contributed by atoms with Gasteiger partial charge in [-0.2, -0.15) is 0 Å². The fourth-order valence-electron chi connectivity index (χ4n) is 4.19. The van der Waals surface area contributed by atoms with E-state index < -0.39 is 34.3 Å². The number of nitrogens with one attached hydrogen (secondary N) is 1. The summed E-state index contributed by atoms with van der Waals surface area (Å²) >= 11 is 0. The number of nitrogens with zero attached hydrogens (tertiary/aromatic N) is 2. The van der Waals surface area contributed by atoms with E-state index in [4.69, 9.17) is 4.74 Å². The predicted molar refractivity (Wildman–Crippen MR) is 158 cm³/mol. The standard InChI is InChI=1S/C31H38FN3O5S/c1-5-29(31(37)33-19-23(2)3)34(20-24-11-13-26(32)14-12-24)30(36)21-35(41(4,38)39)27-15-17-28(18-16-27)40-22-25-9-7-6-8-10-25/h6-18,23,29H,5,19-22H2,1-4H3,(H,33,37). The van der Waals surface area contributed by atoms with Gasteiger partial charge in [0.05, 0.1) is 11.9 Å². The lowest BCUT2D eigenvalue weighted by molar-refractivity contribution is -0.140. The van der Waals surface area contributed by atoms with Gasteiger partial charge in [0.15, 0.2) is 0 Å². The molecule has 0 spiro atoms. The van der Waals surface area contributed by atoms with Crippen molar-refractivity contribution in [3.8, 4) is 5.75 Å². The average Bonchev–Trinajstić information content (AvgIpc) is 2.94. The third kappa shape index (κ3) is 9.60. The number of ether oxygens (including phenoxy) is 1. The van der Waals surface area contributed by atoms with Gasteiger partial charge < -0.3 is 15.0 Å². The van der Waals surface area contributed by atoms with Crippen LogP contribution in [0.2, 0.25) is 0 Å². The number of halogens is 1. The van der Waals surface area contributed by atoms with Crippen LogP contribution in [0.3, 0.4) is 0 Å². The lowest BCUT2D eigenvalue weighted by Gasteiger charge is -2.33. The Hall–Kier alpha value is -3.92. The van der Waals surface area contributed by atoms with Crippen LogP contribution in [0.4, 0.5) is 10.1 Å². The summed E-state index contributed by atoms with van der Waals surface area (Å²) in [6.45, 7) is 5.99. The Balaban J connectivity index is 1.84. The van der Waals surface area contributed by atoms with E-state index in [2.05, 4.69) is 5.32 Å². The number of benzene rings is 3. The lowest BCUT2D eigenvalue weighted by atomic mass is 10.1. The van der Waals surface area contributed by atoms with Gasteiger partial charge in [-0.1, -0.05) is 63.2 Å². The van der Waals surface area contributed by atoms with Crippen LogP contribution in [0, 0.1) is 11.7 Å². The minimum Gasteiger partial charge on any atom is -0.489 e. The Kier molecular flexibility index (Phi) is 11.3. The molecule has 3 rings (SSSR count). The average molecular weight is 584 g/mol. The zero-order valence-electron chi connectivity index (χ0n) is 23.9. The van der Waals surface area contributed by atoms with Crippen molar-refractivity contribution in [2.24, 2.45) is 5.92 Å². The molecule has 0 fully saturated rings. The molecule has 0 aliphatic heterocycles. The zero-order valence-corrected chi connectivity index (χ0v) is 24.7. The van der Waals surface area contributed by atoms with Gasteiger partial charge in [0.2, 0.25) is 21.8 Å². The van der Waals surface area contributed by atoms with Crippen molar-refractivity contribution < 1.29 is 27.1 Å². The summed E-state index contributed by atoms with van der Waals surface area (Å²) in [5, 5.41) is 2.87. The van der Waals surface area contributed by atoms with Crippen LogP contribution in [0.25, 0.3) is 0 Å². The highest BCUT2D eigenvalue weighted by Crippen LogP contribution is 2.23. The van der Waals surface area contributed by atoms with Gasteiger partial charge in [-0.25, -0.2) is 12.8 Å². The minimum absolute atomic E-state index is 0.0105. The molecule has 220 valence electrons. The molecule has 2 amide bonds. The van der Waals surface area contributed by atoms with E-state index >= 15 is 0 Å². The first kappa shape index (κ1) is 31.6. The summed E-state index contributed by atoms with van der Waals surface area (Å²) in [4.78, 5) is 28.2. The van der Waals surface area contributed by atoms with E-state index in [1.807, 2.05) is 44.2 Å². The summed E-state index contributed by atoms with van der Waals surface area (Å²) < 4.78 is 46.0. The highest BCUT2D eigenvalue weighted by molar-refractivity contribution is 7.92. The largest absolute Gasteiger partial charge is 0.489 e. The smallest absolute Gasteiger partial charge is 0.244 e. The predicted octanol–water partition coefficient (Wildman–Crippen LogP) is 4.75. The summed E-state index contributed by atoms with van der Waals surface area (Å²) in [5.41, 5.74) is 1.89. The maximum Gasteiger partial charge on any atom is 0.244 e. The molecule has 0 bridgehead atoms. The Morgan fingerprint density at radius 2 is 1.56 bits per heavy atom. The third-order valence-electron chi connectivity index (χ3n) is 6.39. The van der Waals surface area contributed by atoms with Gasteiger partial charge in [-0.15, -0.1) is 0 Å². The fraction of sp³-hybridized carbons (Fsp3) is 0.355. The molecule has 0 aromatic heterocycles. The molecule has 8 nitrogen and oxygen atoms in total. The van der Waals surface area contributed by atoms with Gasteiger partial charge in [-0.3, -0.25) is 13.9 Å². The maximum absolute atomic E-state index is 13.8. The first-order valence-electron chi connectivity index (χ1n) is 13.5. The minimum atomic E-state index is -3.87. The number of rotatable bonds is 14. The Bertz CT molecular complexity index is 1380. The van der Waals surface area contributed by atoms with E-state index in [0.717, 1.165) is 16.1 Å². The number of hydrogen-bond acceptors (Lipinski definition) is 5. The molecule has 10 heteroatoms. The van der Waals surface area contributed by atoms with Crippen LogP contribution >= 0.6 is 0 Å². The van der Waals surface area contributed by atoms with E-state index in [-0.39, 0.29) is 24.1 Å². The van der Waals surface area contributed by atoms with Crippen LogP contribution in [-0.2, 0) is 32.8 Å². The van der Waals surface area contributed by atoms with Crippen molar-refractivity contribution in [3.63, 3.8) is 0 Å². The number of carbonyl (C=O) groups is 2. The van der Waals surface area contributed by atoms with Gasteiger partial charge >= 0.3 is 0 Å². The highest BCUT2D eigenvalue weighted by Gasteiger charge is 2.31. The SMILES string of the molecule is CCC(C(=O)NCC(C)C)N(Cc1ccc(F)cc1)C(=O)CN(c1ccc(OCc2ccccc2)cc1)S(C)(=O)=O. The molecule has 1 atom stereocenters. The van der Waals surface area contributed by atoms with Gasteiger partial charge in [-0.05, 0) is 59.9 Å². The monoisotopic (exact) mass is 583 g/mol. The second-order valence-electron chi connectivity index (χ2n) is 10.2. The number of carbonyl (C=O) groups excluding carboxylic acids is 2. The molecule has 0 heterocycles. The Labute approximate surface area is 242 Å². The van der Waals surface area contributed by atoms with Crippen molar-refractivity contribution >= 4 is 27.5 Å². The molecule has 0 radical (unpaired) electrons. The molecular formula is C31H38FN3O5S. The molecule has 0 saturated heterocycles. The van der Waals surface area contributed by atoms with Crippen LogP contribution in [-0.4, -0.2) is 50.5 Å². The van der Waals surface area contributed by atoms with Crippen molar-refractivity contribution in [3.05, 3.63) is 95.8 Å². The van der Waals surface area contributed by atoms with E-state index in [9.17, 15) is 22.4 Å². The molecule has 0 saturated carbocycles. The number of sulfonamides is 1. The summed E-state index contributed by atoms with van der Waals surface area (Å²) in [5.74, 6) is -0.563. The summed E-state index contributed by atoms with van der Waals surface area (Å²) in [6, 6.07) is 20.9. The summed E-state index contributed by atoms with van der Waals surface area (Å²) in [7, 11) is -3.87. The molecule has 41 heavy (non-hydrogen) atoms. The van der Waals surface area contributed by atoms with Gasteiger partial charge in [0.1, 0.15) is 30.8 Å². The number of amides is 2. The quantitative estimate of drug-likeness (QED) is 0.296. The molecule has 3 aromatic rings. The van der Waals surface area contributed by atoms with Crippen molar-refractivity contribution in [1.82, 2.24) is 10.2 Å². The lowest BCUT2D eigenvalue weighted by Crippen LogP contribution is -2.52.